The van der Waals surface area contributed by atoms with Gasteiger partial charge >= 0.3 is 0 Å². The Morgan fingerprint density at radius 2 is 2.21 bits per heavy atom. The summed E-state index contributed by atoms with van der Waals surface area (Å²) in [4.78, 5) is 2.29. The van der Waals surface area contributed by atoms with Crippen molar-refractivity contribution < 1.29 is 9.63 Å². The molecule has 0 aromatic carbocycles. The van der Waals surface area contributed by atoms with Gasteiger partial charge in [-0.05, 0) is 25.5 Å². The van der Waals surface area contributed by atoms with Crippen molar-refractivity contribution in [1.29, 1.82) is 0 Å². The lowest BCUT2D eigenvalue weighted by atomic mass is 10.0. The fraction of sp³-hybridized carbons (Fsp3) is 0.444. The summed E-state index contributed by atoms with van der Waals surface area (Å²) in [6, 6.07) is 6.06. The maximum absolute atomic E-state index is 10.4. The third kappa shape index (κ3) is 2.83. The van der Waals surface area contributed by atoms with Crippen LogP contribution in [0.25, 0.3) is 5.52 Å². The van der Waals surface area contributed by atoms with Crippen LogP contribution in [0, 0.1) is 19.8 Å². The molecule has 1 aliphatic heterocycles. The quantitative estimate of drug-likeness (QED) is 0.794. The largest absolute Gasteiger partial charge is 0.391 e. The predicted octanol–water partition coefficient (Wildman–Crippen LogP) is 1.97. The van der Waals surface area contributed by atoms with Gasteiger partial charge in [0.1, 0.15) is 5.76 Å². The van der Waals surface area contributed by atoms with Crippen molar-refractivity contribution in [2.24, 2.45) is 5.92 Å². The van der Waals surface area contributed by atoms with Gasteiger partial charge in [0.25, 0.3) is 0 Å². The number of rotatable bonds is 4. The first-order valence-corrected chi connectivity index (χ1v) is 8.34. The van der Waals surface area contributed by atoms with Crippen LogP contribution < -0.4 is 0 Å². The molecule has 1 aliphatic rings. The Bertz CT molecular complexity index is 854. The molecule has 0 unspecified atom stereocenters. The number of hydrogen-bond donors (Lipinski definition) is 1. The number of likely N-dealkylation sites (tertiary alicyclic amines) is 1. The number of fused-ring (bicyclic) bond motifs is 1. The van der Waals surface area contributed by atoms with Gasteiger partial charge in [-0.2, -0.15) is 5.10 Å². The Morgan fingerprint density at radius 3 is 3.00 bits per heavy atom. The van der Waals surface area contributed by atoms with Gasteiger partial charge in [0.05, 0.1) is 23.5 Å². The van der Waals surface area contributed by atoms with Crippen molar-refractivity contribution in [1.82, 2.24) is 19.7 Å². The Morgan fingerprint density at radius 1 is 1.33 bits per heavy atom. The Kier molecular flexibility index (Phi) is 3.86. The number of aliphatic hydroxyl groups is 1. The van der Waals surface area contributed by atoms with E-state index in [1.807, 2.05) is 36.0 Å². The molecule has 2 atom stereocenters. The highest BCUT2D eigenvalue weighted by Crippen LogP contribution is 2.25. The number of β-amino-alcohol motifs (C(OH)–C–C–N with tert-alkyl or cyclic N) is 1. The molecular formula is C18H22N4O2. The van der Waals surface area contributed by atoms with E-state index in [1.54, 1.807) is 0 Å². The van der Waals surface area contributed by atoms with Gasteiger partial charge in [-0.15, -0.1) is 0 Å². The van der Waals surface area contributed by atoms with Crippen molar-refractivity contribution in [2.45, 2.75) is 32.9 Å². The highest BCUT2D eigenvalue weighted by molar-refractivity contribution is 5.59. The monoisotopic (exact) mass is 326 g/mol. The lowest BCUT2D eigenvalue weighted by molar-refractivity contribution is 0.137. The first kappa shape index (κ1) is 15.4. The first-order chi connectivity index (χ1) is 11.6. The van der Waals surface area contributed by atoms with Gasteiger partial charge in [-0.25, -0.2) is 4.52 Å². The molecule has 4 rings (SSSR count). The summed E-state index contributed by atoms with van der Waals surface area (Å²) in [7, 11) is 0. The molecule has 24 heavy (non-hydrogen) atoms. The SMILES string of the molecule is Cc1cc(C[C@@H]2CN(Cc3cnn4cccc(C)c34)C[C@H]2O)on1. The zero-order valence-electron chi connectivity index (χ0n) is 14.0. The Labute approximate surface area is 140 Å². The Balaban J connectivity index is 1.47. The Hall–Kier alpha value is -2.18. The van der Waals surface area contributed by atoms with Gasteiger partial charge in [0, 0.05) is 49.8 Å². The zero-order chi connectivity index (χ0) is 16.7. The summed E-state index contributed by atoms with van der Waals surface area (Å²) < 4.78 is 7.22. The molecule has 1 saturated heterocycles. The summed E-state index contributed by atoms with van der Waals surface area (Å²) in [5, 5.41) is 18.8. The van der Waals surface area contributed by atoms with Crippen LogP contribution >= 0.6 is 0 Å². The topological polar surface area (TPSA) is 66.8 Å². The normalized spacial score (nSPS) is 21.8. The molecule has 1 N–H and O–H groups in total. The fourth-order valence-electron chi connectivity index (χ4n) is 3.69. The van der Waals surface area contributed by atoms with Crippen LogP contribution in [0.5, 0.6) is 0 Å². The molecule has 0 amide bonds. The van der Waals surface area contributed by atoms with Crippen molar-refractivity contribution in [3.05, 3.63) is 53.2 Å². The number of hydrogen-bond acceptors (Lipinski definition) is 5. The average Bonchev–Trinajstić information content (AvgIpc) is 3.22. The third-order valence-corrected chi connectivity index (χ3v) is 4.83. The molecule has 0 spiro atoms. The van der Waals surface area contributed by atoms with Crippen molar-refractivity contribution in [2.75, 3.05) is 13.1 Å². The second-order valence-electron chi connectivity index (χ2n) is 6.81. The van der Waals surface area contributed by atoms with E-state index in [0.29, 0.717) is 6.54 Å². The molecule has 6 heteroatoms. The summed E-state index contributed by atoms with van der Waals surface area (Å²) in [6.45, 7) is 6.36. The second kappa shape index (κ2) is 6.03. The van der Waals surface area contributed by atoms with E-state index in [9.17, 15) is 5.11 Å². The van der Waals surface area contributed by atoms with Crippen LogP contribution in [-0.2, 0) is 13.0 Å². The summed E-state index contributed by atoms with van der Waals surface area (Å²) in [5.41, 5.74) is 4.48. The summed E-state index contributed by atoms with van der Waals surface area (Å²) in [5.74, 6) is 1.03. The average molecular weight is 326 g/mol. The lowest BCUT2D eigenvalue weighted by Crippen LogP contribution is -2.21. The van der Waals surface area contributed by atoms with E-state index in [1.165, 1.54) is 16.6 Å². The standard InChI is InChI=1S/C18H22N4O2/c1-12-4-3-5-22-18(12)15(8-19-22)10-21-9-14(17(23)11-21)7-16-6-13(2)20-24-16/h3-6,8,14,17,23H,7,9-11H2,1-2H3/t14-,17-/m1/s1. The van der Waals surface area contributed by atoms with Gasteiger partial charge in [-0.3, -0.25) is 4.90 Å². The maximum atomic E-state index is 10.4. The van der Waals surface area contributed by atoms with Crippen LogP contribution in [0.1, 0.15) is 22.6 Å². The van der Waals surface area contributed by atoms with E-state index in [-0.39, 0.29) is 12.0 Å². The number of aliphatic hydroxyl groups excluding tert-OH is 1. The maximum Gasteiger partial charge on any atom is 0.137 e. The minimum atomic E-state index is -0.335. The van der Waals surface area contributed by atoms with Gasteiger partial charge < -0.3 is 9.63 Å². The first-order valence-electron chi connectivity index (χ1n) is 8.34. The van der Waals surface area contributed by atoms with Crippen molar-refractivity contribution >= 4 is 5.52 Å². The highest BCUT2D eigenvalue weighted by Gasteiger charge is 2.32. The van der Waals surface area contributed by atoms with E-state index >= 15 is 0 Å². The van der Waals surface area contributed by atoms with E-state index in [0.717, 1.165) is 31.0 Å². The number of aromatic nitrogens is 3. The molecule has 0 bridgehead atoms. The number of nitrogens with zero attached hydrogens (tertiary/aromatic N) is 4. The minimum Gasteiger partial charge on any atom is -0.391 e. The molecule has 3 aromatic rings. The van der Waals surface area contributed by atoms with E-state index < -0.39 is 0 Å². The van der Waals surface area contributed by atoms with E-state index in [2.05, 4.69) is 28.1 Å². The number of aryl methyl sites for hydroxylation is 2. The molecule has 4 heterocycles. The van der Waals surface area contributed by atoms with E-state index in [4.69, 9.17) is 4.52 Å². The predicted molar refractivity (Wildman–Crippen MR) is 89.6 cm³/mol. The molecule has 1 fully saturated rings. The van der Waals surface area contributed by atoms with Crippen LogP contribution in [0.2, 0.25) is 0 Å². The van der Waals surface area contributed by atoms with Crippen LogP contribution in [-0.4, -0.2) is 44.0 Å². The summed E-state index contributed by atoms with van der Waals surface area (Å²) in [6.07, 6.45) is 4.30. The van der Waals surface area contributed by atoms with Crippen LogP contribution in [0.15, 0.2) is 35.1 Å². The minimum absolute atomic E-state index is 0.181. The van der Waals surface area contributed by atoms with Gasteiger partial charge in [0.2, 0.25) is 0 Å². The zero-order valence-corrected chi connectivity index (χ0v) is 14.0. The van der Waals surface area contributed by atoms with Gasteiger partial charge in [-0.1, -0.05) is 11.2 Å². The van der Waals surface area contributed by atoms with Crippen molar-refractivity contribution in [3.8, 4) is 0 Å². The highest BCUT2D eigenvalue weighted by atomic mass is 16.5. The second-order valence-corrected chi connectivity index (χ2v) is 6.81. The van der Waals surface area contributed by atoms with Crippen molar-refractivity contribution in [3.63, 3.8) is 0 Å². The van der Waals surface area contributed by atoms with Crippen LogP contribution in [0.3, 0.4) is 0 Å². The molecule has 3 aromatic heterocycles. The smallest absolute Gasteiger partial charge is 0.137 e. The molecule has 0 aliphatic carbocycles. The lowest BCUT2D eigenvalue weighted by Gasteiger charge is -2.14. The molecule has 0 radical (unpaired) electrons. The molecule has 0 saturated carbocycles. The summed E-state index contributed by atoms with van der Waals surface area (Å²) >= 11 is 0. The van der Waals surface area contributed by atoms with Crippen LogP contribution in [0.4, 0.5) is 0 Å². The fourth-order valence-corrected chi connectivity index (χ4v) is 3.69. The third-order valence-electron chi connectivity index (χ3n) is 4.83. The molecular weight excluding hydrogens is 304 g/mol. The molecule has 126 valence electrons. The van der Waals surface area contributed by atoms with Gasteiger partial charge in [0.15, 0.2) is 0 Å². The number of pyridine rings is 1. The molecule has 6 nitrogen and oxygen atoms in total.